The number of carboxylic acids is 2. The van der Waals surface area contributed by atoms with Gasteiger partial charge >= 0.3 is 17.9 Å². The standard InChI is InChI=1S/C24H48O6.C4H6O5/c25-19-22(27)17-15-13-11-9-7-5-3-1-2-4-6-8-10-12-14-16-18-24(29)30-21-23(28)20-26;5-2(4(8)9)1-3(6)7/h22-23,25-28H,1-21H2;2,5H,1H2,(H,6,7)(H,8,9). The van der Waals surface area contributed by atoms with E-state index in [1.54, 1.807) is 0 Å². The van der Waals surface area contributed by atoms with Crippen LogP contribution in [0.5, 0.6) is 0 Å². The van der Waals surface area contributed by atoms with Gasteiger partial charge in [0.25, 0.3) is 0 Å². The second kappa shape index (κ2) is 29.2. The molecule has 11 heteroatoms. The van der Waals surface area contributed by atoms with Gasteiger partial charge < -0.3 is 40.5 Å². The third-order valence-corrected chi connectivity index (χ3v) is 6.18. The molecule has 0 heterocycles. The van der Waals surface area contributed by atoms with Crippen molar-refractivity contribution in [3.63, 3.8) is 0 Å². The van der Waals surface area contributed by atoms with E-state index in [4.69, 9.17) is 35.4 Å². The van der Waals surface area contributed by atoms with Gasteiger partial charge in [0.15, 0.2) is 6.10 Å². The molecule has 3 unspecified atom stereocenters. The molecule has 7 N–H and O–H groups in total. The van der Waals surface area contributed by atoms with E-state index in [9.17, 15) is 19.5 Å². The van der Waals surface area contributed by atoms with Gasteiger partial charge in [-0.2, -0.15) is 0 Å². The van der Waals surface area contributed by atoms with Crippen molar-refractivity contribution >= 4 is 17.9 Å². The minimum atomic E-state index is -1.79. The van der Waals surface area contributed by atoms with E-state index in [-0.39, 0.29) is 25.8 Å². The van der Waals surface area contributed by atoms with E-state index in [1.807, 2.05) is 0 Å². The second-order valence-corrected chi connectivity index (χ2v) is 10.0. The SMILES string of the molecule is O=C(CCCCCCCCCCCCCCCCCCC(O)CO)OCC(O)CO.O=C(O)CC(O)C(=O)O. The molecule has 0 saturated carbocycles. The van der Waals surface area contributed by atoms with Crippen LogP contribution in [0.4, 0.5) is 0 Å². The minimum Gasteiger partial charge on any atom is -0.481 e. The molecule has 0 aliphatic carbocycles. The number of unbranched alkanes of at least 4 members (excludes halogenated alkanes) is 15. The van der Waals surface area contributed by atoms with Crippen LogP contribution < -0.4 is 0 Å². The molecule has 0 bridgehead atoms. The molecule has 39 heavy (non-hydrogen) atoms. The van der Waals surface area contributed by atoms with E-state index in [0.717, 1.165) is 38.5 Å². The van der Waals surface area contributed by atoms with Gasteiger partial charge in [-0.05, 0) is 12.8 Å². The lowest BCUT2D eigenvalue weighted by molar-refractivity contribution is -0.152. The summed E-state index contributed by atoms with van der Waals surface area (Å²) in [4.78, 5) is 30.8. The first-order valence-corrected chi connectivity index (χ1v) is 14.5. The number of carbonyl (C=O) groups is 3. The Labute approximate surface area is 233 Å². The summed E-state index contributed by atoms with van der Waals surface area (Å²) in [6, 6.07) is 0. The average Bonchev–Trinajstić information content (AvgIpc) is 2.90. The predicted octanol–water partition coefficient (Wildman–Crippen LogP) is 3.16. The Hall–Kier alpha value is -1.79. The summed E-state index contributed by atoms with van der Waals surface area (Å²) in [5, 5.41) is 59.9. The van der Waals surface area contributed by atoms with Crippen LogP contribution in [0.2, 0.25) is 0 Å². The van der Waals surface area contributed by atoms with Crippen molar-refractivity contribution in [2.45, 2.75) is 140 Å². The van der Waals surface area contributed by atoms with Gasteiger partial charge in [0.2, 0.25) is 0 Å². The quantitative estimate of drug-likeness (QED) is 0.0598. The van der Waals surface area contributed by atoms with E-state index in [1.165, 1.54) is 70.6 Å². The molecular formula is C28H54O11. The Morgan fingerprint density at radius 3 is 1.28 bits per heavy atom. The highest BCUT2D eigenvalue weighted by Gasteiger charge is 2.16. The van der Waals surface area contributed by atoms with Crippen molar-refractivity contribution < 1.29 is 54.9 Å². The molecule has 11 nitrogen and oxygen atoms in total. The summed E-state index contributed by atoms with van der Waals surface area (Å²) >= 11 is 0. The first-order chi connectivity index (χ1) is 18.6. The number of hydrogen-bond acceptors (Lipinski definition) is 9. The van der Waals surface area contributed by atoms with Gasteiger partial charge in [0.05, 0.1) is 25.7 Å². The van der Waals surface area contributed by atoms with Crippen LogP contribution in [-0.2, 0) is 19.1 Å². The second-order valence-electron chi connectivity index (χ2n) is 10.0. The third kappa shape index (κ3) is 32.3. The van der Waals surface area contributed by atoms with Crippen molar-refractivity contribution in [2.24, 2.45) is 0 Å². The summed E-state index contributed by atoms with van der Waals surface area (Å²) in [6.45, 7) is -0.612. The Morgan fingerprint density at radius 2 is 0.949 bits per heavy atom. The van der Waals surface area contributed by atoms with Gasteiger partial charge in [-0.1, -0.05) is 96.3 Å². The van der Waals surface area contributed by atoms with Gasteiger partial charge in [0.1, 0.15) is 12.7 Å². The summed E-state index contributed by atoms with van der Waals surface area (Å²) in [5.41, 5.74) is 0. The zero-order valence-electron chi connectivity index (χ0n) is 23.6. The number of aliphatic hydroxyl groups is 5. The van der Waals surface area contributed by atoms with Crippen LogP contribution >= 0.6 is 0 Å². The third-order valence-electron chi connectivity index (χ3n) is 6.18. The first-order valence-electron chi connectivity index (χ1n) is 14.5. The molecule has 0 aliphatic rings. The fourth-order valence-electron chi connectivity index (χ4n) is 3.78. The summed E-state index contributed by atoms with van der Waals surface area (Å²) in [5.74, 6) is -3.14. The molecule has 0 rings (SSSR count). The lowest BCUT2D eigenvalue weighted by Crippen LogP contribution is -2.22. The maximum Gasteiger partial charge on any atom is 0.333 e. The number of carboxylic acid groups (broad SMARTS) is 2. The molecule has 3 atom stereocenters. The zero-order valence-corrected chi connectivity index (χ0v) is 23.6. The number of rotatable bonds is 26. The molecular weight excluding hydrogens is 512 g/mol. The summed E-state index contributed by atoms with van der Waals surface area (Å²) < 4.78 is 4.87. The highest BCUT2D eigenvalue weighted by Crippen LogP contribution is 2.14. The highest BCUT2D eigenvalue weighted by molar-refractivity contribution is 5.79. The van der Waals surface area contributed by atoms with E-state index in [0.29, 0.717) is 6.42 Å². The molecule has 0 saturated heterocycles. The Kier molecular flexibility index (Phi) is 29.5. The van der Waals surface area contributed by atoms with Gasteiger partial charge in [-0.25, -0.2) is 4.79 Å². The molecule has 232 valence electrons. The topological polar surface area (TPSA) is 202 Å². The summed E-state index contributed by atoms with van der Waals surface area (Å²) in [6.07, 6.45) is 16.6. The molecule has 0 aliphatic heterocycles. The molecule has 0 aromatic heterocycles. The smallest absolute Gasteiger partial charge is 0.333 e. The highest BCUT2D eigenvalue weighted by atomic mass is 16.5. The van der Waals surface area contributed by atoms with Crippen LogP contribution in [0.25, 0.3) is 0 Å². The van der Waals surface area contributed by atoms with E-state index in [2.05, 4.69) is 0 Å². The van der Waals surface area contributed by atoms with Crippen LogP contribution in [-0.4, -0.2) is 91.8 Å². The first kappa shape index (κ1) is 39.4. The normalized spacial score (nSPS) is 13.2. The van der Waals surface area contributed by atoms with E-state index >= 15 is 0 Å². The number of hydrogen-bond donors (Lipinski definition) is 7. The molecule has 0 aromatic carbocycles. The van der Waals surface area contributed by atoms with Crippen molar-refractivity contribution in [1.29, 1.82) is 0 Å². The molecule has 0 spiro atoms. The Morgan fingerprint density at radius 1 is 0.564 bits per heavy atom. The molecule has 0 aromatic rings. The van der Waals surface area contributed by atoms with E-state index < -0.39 is 36.7 Å². The maximum atomic E-state index is 11.4. The molecule has 0 radical (unpaired) electrons. The van der Waals surface area contributed by atoms with Crippen molar-refractivity contribution in [1.82, 2.24) is 0 Å². The number of aliphatic hydroxyl groups excluding tert-OH is 5. The lowest BCUT2D eigenvalue weighted by atomic mass is 10.0. The van der Waals surface area contributed by atoms with Crippen molar-refractivity contribution in [2.75, 3.05) is 19.8 Å². The predicted molar refractivity (Wildman–Crippen MR) is 146 cm³/mol. The van der Waals surface area contributed by atoms with Crippen LogP contribution in [0.15, 0.2) is 0 Å². The van der Waals surface area contributed by atoms with Gasteiger partial charge in [-0.15, -0.1) is 0 Å². The average molecular weight is 567 g/mol. The largest absolute Gasteiger partial charge is 0.481 e. The van der Waals surface area contributed by atoms with Gasteiger partial charge in [0, 0.05) is 6.42 Å². The Balaban J connectivity index is 0. The fourth-order valence-corrected chi connectivity index (χ4v) is 3.78. The summed E-state index contributed by atoms with van der Waals surface area (Å²) in [7, 11) is 0. The van der Waals surface area contributed by atoms with Crippen LogP contribution in [0, 0.1) is 0 Å². The van der Waals surface area contributed by atoms with Crippen LogP contribution in [0.3, 0.4) is 0 Å². The lowest BCUT2D eigenvalue weighted by Gasteiger charge is -2.08. The number of carbonyl (C=O) groups excluding carboxylic acids is 1. The maximum absolute atomic E-state index is 11.4. The zero-order chi connectivity index (χ0) is 29.7. The number of esters is 1. The molecule has 0 fully saturated rings. The minimum absolute atomic E-state index is 0.113. The van der Waals surface area contributed by atoms with Crippen molar-refractivity contribution in [3.05, 3.63) is 0 Å². The van der Waals surface area contributed by atoms with Crippen LogP contribution in [0.1, 0.15) is 122 Å². The number of ether oxygens (including phenoxy) is 1. The van der Waals surface area contributed by atoms with Gasteiger partial charge in [-0.3, -0.25) is 9.59 Å². The van der Waals surface area contributed by atoms with Crippen molar-refractivity contribution in [3.8, 4) is 0 Å². The Bertz CT molecular complexity index is 586. The monoisotopic (exact) mass is 566 g/mol. The number of aliphatic carboxylic acids is 2. The molecule has 0 amide bonds. The fraction of sp³-hybridized carbons (Fsp3) is 0.893.